The minimum Gasteiger partial charge on any atom is -0.277 e. The highest BCUT2D eigenvalue weighted by Gasteiger charge is 2.39. The van der Waals surface area contributed by atoms with Gasteiger partial charge in [0.15, 0.2) is 0 Å². The number of hydrogen-bond donors (Lipinski definition) is 1. The zero-order valence-electron chi connectivity index (χ0n) is 17.0. The summed E-state index contributed by atoms with van der Waals surface area (Å²) in [7, 11) is 0. The molecule has 3 rings (SSSR count). The van der Waals surface area contributed by atoms with Crippen LogP contribution in [0.3, 0.4) is 0 Å². The summed E-state index contributed by atoms with van der Waals surface area (Å²) in [6.07, 6.45) is 12.6. The van der Waals surface area contributed by atoms with Crippen molar-refractivity contribution < 1.29 is 19.5 Å². The van der Waals surface area contributed by atoms with Crippen LogP contribution in [0.5, 0.6) is 0 Å². The van der Waals surface area contributed by atoms with Crippen LogP contribution in [0.4, 0.5) is 0 Å². The van der Waals surface area contributed by atoms with E-state index in [9.17, 15) is 9.59 Å². The Morgan fingerprint density at radius 1 is 1.04 bits per heavy atom. The molecule has 2 aliphatic rings. The smallest absolute Gasteiger partial charge is 0.277 e. The normalized spacial score (nSPS) is 20.1. The topological polar surface area (TPSA) is 50.6 Å². The molecule has 1 aromatic carbocycles. The molecule has 0 spiro atoms. The monoisotopic (exact) mass is 404 g/mol. The predicted octanol–water partition coefficient (Wildman–Crippen LogP) is 3.89. The number of thioether (sulfide) groups is 1. The van der Waals surface area contributed by atoms with Gasteiger partial charge in [0.05, 0.1) is 6.92 Å². The highest BCUT2D eigenvalue weighted by Crippen LogP contribution is 2.22. The van der Waals surface area contributed by atoms with Crippen LogP contribution in [0.2, 0.25) is 0 Å². The molecule has 1 radical (unpaired) electrons. The largest absolute Gasteiger partial charge is 0.499 e. The SMILES string of the molecule is CC(=[O+])S[C@@H](Cc1ccccc1)C(=O)O[NH+](C1CCCCC1)C1CCCCC1. The first-order valence-corrected chi connectivity index (χ1v) is 11.8. The third kappa shape index (κ3) is 6.35. The van der Waals surface area contributed by atoms with Crippen LogP contribution >= 0.6 is 11.8 Å². The van der Waals surface area contributed by atoms with Gasteiger partial charge in [-0.1, -0.05) is 43.2 Å². The van der Waals surface area contributed by atoms with Gasteiger partial charge in [-0.2, -0.15) is 0 Å². The van der Waals surface area contributed by atoms with Gasteiger partial charge in [0.1, 0.15) is 17.3 Å². The number of hydrogen-bond acceptors (Lipinski definition) is 4. The minimum absolute atomic E-state index is 0.0326. The Kier molecular flexibility index (Phi) is 8.41. The van der Waals surface area contributed by atoms with E-state index in [1.807, 2.05) is 30.3 Å². The standard InChI is InChI=1S/C23H33NO3S/c1-18(25)28-22(17-19-11-5-2-6-12-19)23(26)27-24(20-13-7-3-8-14-20)21-15-9-4-10-16-21/h2,5-6,11-12,20-22H,3-4,7-10,13-17H2,1H3/q+1/p+1/t22-/m0/s1. The summed E-state index contributed by atoms with van der Waals surface area (Å²) >= 11 is 1.11. The van der Waals surface area contributed by atoms with E-state index in [2.05, 4.69) is 0 Å². The average molecular weight is 405 g/mol. The van der Waals surface area contributed by atoms with Crippen LogP contribution < -0.4 is 5.06 Å². The first-order valence-electron chi connectivity index (χ1n) is 10.9. The number of carbonyl (C=O) groups is 2. The van der Waals surface area contributed by atoms with E-state index in [0.717, 1.165) is 48.1 Å². The summed E-state index contributed by atoms with van der Waals surface area (Å²) in [6.45, 7) is 1.53. The molecule has 0 amide bonds. The molecule has 0 unspecified atom stereocenters. The third-order valence-electron chi connectivity index (χ3n) is 6.07. The van der Waals surface area contributed by atoms with Gasteiger partial charge in [0.2, 0.25) is 4.79 Å². The third-order valence-corrected chi connectivity index (χ3v) is 7.04. The molecule has 2 fully saturated rings. The van der Waals surface area contributed by atoms with Gasteiger partial charge < -0.3 is 0 Å². The zero-order chi connectivity index (χ0) is 19.8. The number of nitrogens with one attached hydrogen (secondary N) is 1. The van der Waals surface area contributed by atoms with E-state index in [1.165, 1.54) is 45.4 Å². The van der Waals surface area contributed by atoms with Gasteiger partial charge in [-0.3, -0.25) is 4.84 Å². The van der Waals surface area contributed by atoms with Crippen molar-refractivity contribution in [1.29, 1.82) is 0 Å². The molecule has 0 heterocycles. The summed E-state index contributed by atoms with van der Waals surface area (Å²) < 4.78 is 0. The first kappa shape index (κ1) is 21.4. The average Bonchev–Trinajstić information content (AvgIpc) is 2.73. The molecule has 1 aromatic rings. The van der Waals surface area contributed by atoms with Crippen LogP contribution in [0.15, 0.2) is 30.3 Å². The molecule has 4 nitrogen and oxygen atoms in total. The van der Waals surface area contributed by atoms with E-state index < -0.39 is 5.25 Å². The summed E-state index contributed by atoms with van der Waals surface area (Å²) in [4.78, 5) is 31.1. The van der Waals surface area contributed by atoms with Gasteiger partial charge in [-0.15, -0.1) is 5.06 Å². The van der Waals surface area contributed by atoms with Crippen molar-refractivity contribution >= 4 is 22.8 Å². The van der Waals surface area contributed by atoms with E-state index in [4.69, 9.17) is 4.84 Å². The summed E-state index contributed by atoms with van der Waals surface area (Å²) in [5.74, 6) is -0.227. The molecule has 153 valence electrons. The van der Waals surface area contributed by atoms with E-state index in [1.54, 1.807) is 0 Å². The van der Waals surface area contributed by atoms with Gasteiger partial charge in [0, 0.05) is 37.4 Å². The first-order chi connectivity index (χ1) is 13.6. The molecule has 5 heteroatoms. The number of carbonyl (C=O) groups excluding carboxylic acids is 2. The molecular weight excluding hydrogens is 370 g/mol. The lowest BCUT2D eigenvalue weighted by atomic mass is 9.90. The number of hydroxylamine groups is 2. The molecule has 0 saturated heterocycles. The van der Waals surface area contributed by atoms with Gasteiger partial charge >= 0.3 is 11.1 Å². The van der Waals surface area contributed by atoms with Crippen molar-refractivity contribution in [3.05, 3.63) is 35.9 Å². The lowest BCUT2D eigenvalue weighted by molar-refractivity contribution is -1.11. The lowest BCUT2D eigenvalue weighted by Gasteiger charge is -2.36. The molecule has 2 saturated carbocycles. The van der Waals surface area contributed by atoms with Gasteiger partial charge in [-0.05, 0) is 37.7 Å². The number of rotatable bonds is 7. The van der Waals surface area contributed by atoms with Crippen molar-refractivity contribution in [3.63, 3.8) is 0 Å². The lowest BCUT2D eigenvalue weighted by Crippen LogP contribution is -3.19. The Morgan fingerprint density at radius 3 is 2.07 bits per heavy atom. The quantitative estimate of drug-likeness (QED) is 0.553. The maximum absolute atomic E-state index is 13.2. The summed E-state index contributed by atoms with van der Waals surface area (Å²) in [5, 5.41) is 0.545. The molecule has 0 aromatic heterocycles. The molecule has 1 atom stereocenters. The maximum atomic E-state index is 13.2. The highest BCUT2D eigenvalue weighted by atomic mass is 32.2. The number of quaternary nitrogens is 1. The van der Waals surface area contributed by atoms with Crippen LogP contribution in [-0.4, -0.2) is 28.4 Å². The second kappa shape index (κ2) is 11.0. The van der Waals surface area contributed by atoms with Crippen LogP contribution in [-0.2, 0) is 20.8 Å². The fraction of sp³-hybridized carbons (Fsp3) is 0.652. The Balaban J connectivity index is 1.71. The van der Waals surface area contributed by atoms with E-state index in [-0.39, 0.29) is 11.1 Å². The minimum atomic E-state index is -0.470. The van der Waals surface area contributed by atoms with Crippen LogP contribution in [0, 0.1) is 0 Å². The molecular formula is C23H34NO3S+2. The fourth-order valence-corrected chi connectivity index (χ4v) is 5.48. The predicted molar refractivity (Wildman–Crippen MR) is 113 cm³/mol. The Labute approximate surface area is 173 Å². The maximum Gasteiger partial charge on any atom is 0.499 e. The van der Waals surface area contributed by atoms with Crippen molar-refractivity contribution in [3.8, 4) is 0 Å². The van der Waals surface area contributed by atoms with Crippen molar-refractivity contribution in [1.82, 2.24) is 0 Å². The Bertz CT molecular complexity index is 606. The van der Waals surface area contributed by atoms with Crippen molar-refractivity contribution in [2.75, 3.05) is 0 Å². The fourth-order valence-electron chi connectivity index (χ4n) is 4.66. The highest BCUT2D eigenvalue weighted by molar-refractivity contribution is 8.14. The molecule has 0 bridgehead atoms. The number of benzene rings is 1. The second-order valence-corrected chi connectivity index (χ2v) is 9.66. The van der Waals surface area contributed by atoms with E-state index >= 15 is 0 Å². The van der Waals surface area contributed by atoms with Crippen molar-refractivity contribution in [2.24, 2.45) is 0 Å². The molecule has 1 N–H and O–H groups in total. The molecule has 0 aliphatic heterocycles. The van der Waals surface area contributed by atoms with Gasteiger partial charge in [-0.25, -0.2) is 4.79 Å². The van der Waals surface area contributed by atoms with Crippen molar-refractivity contribution in [2.45, 2.75) is 94.9 Å². The molecule has 2 aliphatic carbocycles. The molecule has 28 heavy (non-hydrogen) atoms. The van der Waals surface area contributed by atoms with E-state index in [0.29, 0.717) is 18.5 Å². The zero-order valence-corrected chi connectivity index (χ0v) is 17.8. The van der Waals surface area contributed by atoms with Gasteiger partial charge in [0.25, 0.3) is 0 Å². The Morgan fingerprint density at radius 2 is 1.57 bits per heavy atom. The summed E-state index contributed by atoms with van der Waals surface area (Å²) in [5.41, 5.74) is 1.06. The van der Waals surface area contributed by atoms with Crippen LogP contribution in [0.1, 0.15) is 76.7 Å². The summed E-state index contributed by atoms with van der Waals surface area (Å²) in [6, 6.07) is 10.8. The second-order valence-electron chi connectivity index (χ2n) is 8.28. The Hall–Kier alpha value is -1.33. The van der Waals surface area contributed by atoms with Crippen LogP contribution in [0.25, 0.3) is 0 Å².